The van der Waals surface area contributed by atoms with Crippen LogP contribution in [0.3, 0.4) is 0 Å². The molecule has 1 heterocycles. The molecule has 0 amide bonds. The van der Waals surface area contributed by atoms with Crippen LogP contribution in [0, 0.1) is 0 Å². The van der Waals surface area contributed by atoms with Gasteiger partial charge in [0.2, 0.25) is 0 Å². The van der Waals surface area contributed by atoms with E-state index < -0.39 is 12.1 Å². The monoisotopic (exact) mass is 186 g/mol. The van der Waals surface area contributed by atoms with Gasteiger partial charge in [0.1, 0.15) is 0 Å². The van der Waals surface area contributed by atoms with Gasteiger partial charge < -0.3 is 9.84 Å². The van der Waals surface area contributed by atoms with Gasteiger partial charge >= 0.3 is 5.97 Å². The summed E-state index contributed by atoms with van der Waals surface area (Å²) in [6.45, 7) is 0. The zero-order valence-electron chi connectivity index (χ0n) is 7.34. The first kappa shape index (κ1) is 9.59. The van der Waals surface area contributed by atoms with Gasteiger partial charge in [-0.2, -0.15) is 4.80 Å². The molecular formula is C6H10N4O3. The van der Waals surface area contributed by atoms with E-state index in [1.165, 1.54) is 11.9 Å². The Morgan fingerprint density at radius 2 is 2.46 bits per heavy atom. The Kier molecular flexibility index (Phi) is 2.91. The third-order valence-electron chi connectivity index (χ3n) is 1.40. The average Bonchev–Trinajstić information content (AvgIpc) is 2.49. The van der Waals surface area contributed by atoms with E-state index in [4.69, 9.17) is 0 Å². The van der Waals surface area contributed by atoms with Crippen LogP contribution < -0.4 is 0 Å². The van der Waals surface area contributed by atoms with Gasteiger partial charge in [0.25, 0.3) is 0 Å². The predicted molar refractivity (Wildman–Crippen MR) is 40.5 cm³/mol. The van der Waals surface area contributed by atoms with Crippen molar-refractivity contribution in [1.29, 1.82) is 0 Å². The number of carbonyl (C=O) groups is 1. The number of rotatable bonds is 3. The van der Waals surface area contributed by atoms with Gasteiger partial charge in [-0.25, -0.2) is 4.79 Å². The molecule has 1 aromatic heterocycles. The number of methoxy groups -OCH3 is 1. The van der Waals surface area contributed by atoms with Gasteiger partial charge in [-0.3, -0.25) is 0 Å². The quantitative estimate of drug-likeness (QED) is 0.565. The number of aliphatic hydroxyl groups is 1. The first-order valence-corrected chi connectivity index (χ1v) is 3.62. The molecule has 1 rings (SSSR count). The second-order valence-electron chi connectivity index (χ2n) is 2.44. The van der Waals surface area contributed by atoms with Crippen molar-refractivity contribution in [3.8, 4) is 0 Å². The summed E-state index contributed by atoms with van der Waals surface area (Å²) in [5, 5.41) is 20.1. The third kappa shape index (κ3) is 2.48. The highest BCUT2D eigenvalue weighted by atomic mass is 16.5. The highest BCUT2D eigenvalue weighted by Gasteiger charge is 2.18. The largest absolute Gasteiger partial charge is 0.467 e. The molecule has 0 aliphatic rings. The molecule has 0 aliphatic heterocycles. The molecule has 0 bridgehead atoms. The number of nitrogens with zero attached hydrogens (tertiary/aromatic N) is 4. The summed E-state index contributed by atoms with van der Waals surface area (Å²) >= 11 is 0. The highest BCUT2D eigenvalue weighted by molar-refractivity contribution is 5.74. The molecule has 13 heavy (non-hydrogen) atoms. The van der Waals surface area contributed by atoms with Crippen LogP contribution in [0.4, 0.5) is 0 Å². The van der Waals surface area contributed by atoms with Crippen LogP contribution >= 0.6 is 0 Å². The van der Waals surface area contributed by atoms with Crippen molar-refractivity contribution in [1.82, 2.24) is 20.2 Å². The number of esters is 1. The second kappa shape index (κ2) is 3.94. The van der Waals surface area contributed by atoms with E-state index in [1.54, 1.807) is 7.05 Å². The van der Waals surface area contributed by atoms with Crippen LogP contribution in [0.1, 0.15) is 5.82 Å². The lowest BCUT2D eigenvalue weighted by Crippen LogP contribution is -2.24. The fourth-order valence-electron chi connectivity index (χ4n) is 0.797. The summed E-state index contributed by atoms with van der Waals surface area (Å²) in [4.78, 5) is 12.0. The van der Waals surface area contributed by atoms with Crippen LogP contribution in [-0.4, -0.2) is 44.5 Å². The van der Waals surface area contributed by atoms with Crippen LogP contribution in [0.5, 0.6) is 0 Å². The molecule has 0 radical (unpaired) electrons. The minimum absolute atomic E-state index is 0.0144. The van der Waals surface area contributed by atoms with E-state index >= 15 is 0 Å². The predicted octanol–water partition coefficient (Wildman–Crippen LogP) is -1.71. The van der Waals surface area contributed by atoms with Crippen molar-refractivity contribution in [2.75, 3.05) is 7.11 Å². The highest BCUT2D eigenvalue weighted by Crippen LogP contribution is 1.96. The molecule has 0 spiro atoms. The van der Waals surface area contributed by atoms with Crippen LogP contribution in [0.25, 0.3) is 0 Å². The lowest BCUT2D eigenvalue weighted by Gasteiger charge is -2.03. The molecule has 0 fully saturated rings. The first-order chi connectivity index (χ1) is 6.13. The Bertz CT molecular complexity index is 298. The molecule has 0 aromatic carbocycles. The second-order valence-corrected chi connectivity index (χ2v) is 2.44. The van der Waals surface area contributed by atoms with Crippen molar-refractivity contribution in [2.24, 2.45) is 7.05 Å². The van der Waals surface area contributed by atoms with Gasteiger partial charge in [-0.15, -0.1) is 10.2 Å². The topological polar surface area (TPSA) is 90.1 Å². The van der Waals surface area contributed by atoms with Crippen molar-refractivity contribution in [3.63, 3.8) is 0 Å². The Balaban J connectivity index is 2.54. The van der Waals surface area contributed by atoms with E-state index in [0.717, 1.165) is 0 Å². The van der Waals surface area contributed by atoms with Gasteiger partial charge in [0.05, 0.1) is 14.2 Å². The standard InChI is InChI=1S/C6H10N4O3/c1-10-8-5(7-9-10)3-4(11)6(12)13-2/h4,11H,3H2,1-2H3. The van der Waals surface area contributed by atoms with Crippen LogP contribution in [0.15, 0.2) is 0 Å². The van der Waals surface area contributed by atoms with E-state index in [1.807, 2.05) is 0 Å². The fourth-order valence-corrected chi connectivity index (χ4v) is 0.797. The maximum atomic E-state index is 10.8. The first-order valence-electron chi connectivity index (χ1n) is 3.62. The molecule has 1 aromatic rings. The average molecular weight is 186 g/mol. The lowest BCUT2D eigenvalue weighted by molar-refractivity contribution is -0.150. The van der Waals surface area contributed by atoms with E-state index in [2.05, 4.69) is 20.1 Å². The molecule has 1 atom stereocenters. The Morgan fingerprint density at radius 1 is 1.77 bits per heavy atom. The normalized spacial score (nSPS) is 12.5. The summed E-state index contributed by atoms with van der Waals surface area (Å²) in [5.74, 6) is -0.396. The summed E-state index contributed by atoms with van der Waals surface area (Å²) in [6.07, 6.45) is -1.21. The number of hydrogen-bond acceptors (Lipinski definition) is 6. The number of carbonyl (C=O) groups excluding carboxylic acids is 1. The number of tetrazole rings is 1. The van der Waals surface area contributed by atoms with Crippen molar-refractivity contribution in [3.05, 3.63) is 5.82 Å². The minimum atomic E-state index is -1.23. The maximum absolute atomic E-state index is 10.8. The fraction of sp³-hybridized carbons (Fsp3) is 0.667. The molecule has 7 nitrogen and oxygen atoms in total. The van der Waals surface area contributed by atoms with E-state index in [-0.39, 0.29) is 6.42 Å². The number of hydrogen-bond donors (Lipinski definition) is 1. The summed E-state index contributed by atoms with van der Waals surface area (Å²) in [7, 11) is 2.80. The van der Waals surface area contributed by atoms with Crippen molar-refractivity contribution in [2.45, 2.75) is 12.5 Å². The van der Waals surface area contributed by atoms with Crippen LogP contribution in [0.2, 0.25) is 0 Å². The molecule has 0 saturated carbocycles. The zero-order chi connectivity index (χ0) is 9.84. The van der Waals surface area contributed by atoms with E-state index in [9.17, 15) is 9.90 Å². The number of aryl methyl sites for hydroxylation is 1. The Morgan fingerprint density at radius 3 is 2.92 bits per heavy atom. The molecule has 72 valence electrons. The summed E-state index contributed by atoms with van der Waals surface area (Å²) in [6, 6.07) is 0. The van der Waals surface area contributed by atoms with Crippen molar-refractivity contribution >= 4 is 5.97 Å². The maximum Gasteiger partial charge on any atom is 0.335 e. The van der Waals surface area contributed by atoms with Gasteiger partial charge in [-0.1, -0.05) is 0 Å². The van der Waals surface area contributed by atoms with Gasteiger partial charge in [-0.05, 0) is 5.21 Å². The Hall–Kier alpha value is -1.50. The summed E-state index contributed by atoms with van der Waals surface area (Å²) in [5.41, 5.74) is 0. The lowest BCUT2D eigenvalue weighted by atomic mass is 10.2. The molecule has 0 aliphatic carbocycles. The number of ether oxygens (including phenoxy) is 1. The smallest absolute Gasteiger partial charge is 0.335 e. The van der Waals surface area contributed by atoms with Gasteiger partial charge in [0.15, 0.2) is 11.9 Å². The summed E-state index contributed by atoms with van der Waals surface area (Å²) < 4.78 is 4.32. The van der Waals surface area contributed by atoms with Gasteiger partial charge in [0, 0.05) is 6.42 Å². The van der Waals surface area contributed by atoms with Crippen LogP contribution in [-0.2, 0) is 23.0 Å². The molecule has 0 saturated heterocycles. The zero-order valence-corrected chi connectivity index (χ0v) is 7.34. The molecular weight excluding hydrogens is 176 g/mol. The molecule has 1 unspecified atom stereocenters. The molecule has 1 N–H and O–H groups in total. The third-order valence-corrected chi connectivity index (χ3v) is 1.40. The Labute approximate surface area is 74.3 Å². The molecule has 7 heteroatoms. The SMILES string of the molecule is COC(=O)C(O)Cc1nnn(C)n1. The minimum Gasteiger partial charge on any atom is -0.467 e. The number of aromatic nitrogens is 4. The van der Waals surface area contributed by atoms with E-state index in [0.29, 0.717) is 5.82 Å². The van der Waals surface area contributed by atoms with Crippen molar-refractivity contribution < 1.29 is 14.6 Å². The number of aliphatic hydroxyl groups excluding tert-OH is 1.